The number of unbranched alkanes of at least 4 members (excludes halogenated alkanes) is 16. The highest BCUT2D eigenvalue weighted by atomic mass is 79.9. The summed E-state index contributed by atoms with van der Waals surface area (Å²) in [5, 5.41) is 0. The Bertz CT molecular complexity index is 1420. The van der Waals surface area contributed by atoms with Gasteiger partial charge in [0.25, 0.3) is 0 Å². The van der Waals surface area contributed by atoms with E-state index in [0.29, 0.717) is 0 Å². The molecule has 0 unspecified atom stereocenters. The summed E-state index contributed by atoms with van der Waals surface area (Å²) in [6.07, 6.45) is 23.7. The van der Waals surface area contributed by atoms with Crippen LogP contribution in [0.2, 0.25) is 0 Å². The van der Waals surface area contributed by atoms with Gasteiger partial charge in [-0.05, 0) is 82.6 Å². The zero-order valence-corrected chi connectivity index (χ0v) is 33.2. The molecule has 0 amide bonds. The SMILES string of the molecule is CCCCCCCCCCCOc1ccc(C(=C(c2ccccc2)c2ccc(Br)cc2)c2ccc(OCCCCCCCCCCC)cc2)cc1. The molecule has 3 heteroatoms. The number of halogens is 1. The molecule has 0 saturated heterocycles. The van der Waals surface area contributed by atoms with E-state index in [0.717, 1.165) is 53.2 Å². The third-order valence-corrected chi connectivity index (χ3v) is 10.3. The van der Waals surface area contributed by atoms with Gasteiger partial charge in [0.05, 0.1) is 13.2 Å². The summed E-state index contributed by atoms with van der Waals surface area (Å²) >= 11 is 3.65. The molecule has 0 aliphatic heterocycles. The third kappa shape index (κ3) is 15.1. The summed E-state index contributed by atoms with van der Waals surface area (Å²) < 4.78 is 13.5. The fourth-order valence-corrected chi connectivity index (χ4v) is 7.04. The first-order chi connectivity index (χ1) is 25.2. The molecule has 51 heavy (non-hydrogen) atoms. The minimum atomic E-state index is 0.770. The van der Waals surface area contributed by atoms with E-state index in [1.807, 2.05) is 0 Å². The predicted molar refractivity (Wildman–Crippen MR) is 224 cm³/mol. The lowest BCUT2D eigenvalue weighted by Crippen LogP contribution is -2.00. The Kier molecular flexibility index (Phi) is 19.7. The smallest absolute Gasteiger partial charge is 0.119 e. The maximum Gasteiger partial charge on any atom is 0.119 e. The molecule has 4 aromatic carbocycles. The van der Waals surface area contributed by atoms with Gasteiger partial charge in [0.2, 0.25) is 0 Å². The van der Waals surface area contributed by atoms with Crippen molar-refractivity contribution in [3.63, 3.8) is 0 Å². The van der Waals surface area contributed by atoms with Gasteiger partial charge in [0, 0.05) is 4.47 Å². The molecule has 0 bridgehead atoms. The van der Waals surface area contributed by atoms with E-state index in [-0.39, 0.29) is 0 Å². The zero-order chi connectivity index (χ0) is 35.8. The Balaban J connectivity index is 1.45. The fourth-order valence-electron chi connectivity index (χ4n) is 6.77. The van der Waals surface area contributed by atoms with Crippen LogP contribution in [0.3, 0.4) is 0 Å². The van der Waals surface area contributed by atoms with Crippen molar-refractivity contribution in [1.82, 2.24) is 0 Å². The molecule has 274 valence electrons. The van der Waals surface area contributed by atoms with Crippen LogP contribution in [0.4, 0.5) is 0 Å². The van der Waals surface area contributed by atoms with E-state index in [1.54, 1.807) is 0 Å². The van der Waals surface area contributed by atoms with Gasteiger partial charge in [-0.2, -0.15) is 0 Å². The number of hydrogen-bond acceptors (Lipinski definition) is 2. The summed E-state index contributed by atoms with van der Waals surface area (Å²) in [6, 6.07) is 36.8. The average Bonchev–Trinajstić information content (AvgIpc) is 3.17. The van der Waals surface area contributed by atoms with Gasteiger partial charge in [-0.15, -0.1) is 0 Å². The highest BCUT2D eigenvalue weighted by Gasteiger charge is 2.17. The Labute approximate surface area is 319 Å². The first-order valence-corrected chi connectivity index (χ1v) is 21.0. The van der Waals surface area contributed by atoms with Crippen LogP contribution < -0.4 is 9.47 Å². The molecule has 0 aromatic heterocycles. The van der Waals surface area contributed by atoms with E-state index in [4.69, 9.17) is 9.47 Å². The third-order valence-electron chi connectivity index (χ3n) is 9.76. The van der Waals surface area contributed by atoms with E-state index >= 15 is 0 Å². The molecular formula is C48H63BrO2. The van der Waals surface area contributed by atoms with Gasteiger partial charge in [0.15, 0.2) is 0 Å². The van der Waals surface area contributed by atoms with Crippen LogP contribution in [0.1, 0.15) is 152 Å². The normalized spacial score (nSPS) is 11.0. The Hall–Kier alpha value is -3.30. The average molecular weight is 752 g/mol. The van der Waals surface area contributed by atoms with E-state index in [1.165, 1.54) is 125 Å². The van der Waals surface area contributed by atoms with Crippen LogP contribution in [0, 0.1) is 0 Å². The number of hydrogen-bond donors (Lipinski definition) is 0. The van der Waals surface area contributed by atoms with Crippen LogP contribution in [-0.4, -0.2) is 13.2 Å². The second-order valence-electron chi connectivity index (χ2n) is 14.0. The fraction of sp³-hybridized carbons (Fsp3) is 0.458. The molecule has 0 heterocycles. The van der Waals surface area contributed by atoms with E-state index in [9.17, 15) is 0 Å². The highest BCUT2D eigenvalue weighted by Crippen LogP contribution is 2.38. The highest BCUT2D eigenvalue weighted by molar-refractivity contribution is 9.10. The van der Waals surface area contributed by atoms with Crippen molar-refractivity contribution in [2.75, 3.05) is 13.2 Å². The number of ether oxygens (including phenoxy) is 2. The molecule has 0 spiro atoms. The molecular weight excluding hydrogens is 688 g/mol. The lowest BCUT2D eigenvalue weighted by Gasteiger charge is -2.19. The minimum absolute atomic E-state index is 0.770. The second-order valence-corrected chi connectivity index (χ2v) is 14.9. The molecule has 0 N–H and O–H groups in total. The minimum Gasteiger partial charge on any atom is -0.494 e. The van der Waals surface area contributed by atoms with Crippen LogP contribution in [0.15, 0.2) is 108 Å². The summed E-state index contributed by atoms with van der Waals surface area (Å²) in [6.45, 7) is 6.10. The maximum absolute atomic E-state index is 6.22. The molecule has 0 aliphatic rings. The van der Waals surface area contributed by atoms with Crippen LogP contribution in [-0.2, 0) is 0 Å². The maximum atomic E-state index is 6.22. The first-order valence-electron chi connectivity index (χ1n) is 20.2. The van der Waals surface area contributed by atoms with Crippen molar-refractivity contribution in [2.45, 2.75) is 129 Å². The van der Waals surface area contributed by atoms with Gasteiger partial charge in [-0.3, -0.25) is 0 Å². The summed E-state index contributed by atoms with van der Waals surface area (Å²) in [4.78, 5) is 0. The van der Waals surface area contributed by atoms with Crippen molar-refractivity contribution in [3.05, 3.63) is 130 Å². The molecule has 0 atom stereocenters. The largest absolute Gasteiger partial charge is 0.494 e. The summed E-state index contributed by atoms with van der Waals surface area (Å²) in [5.74, 6) is 1.87. The van der Waals surface area contributed by atoms with Gasteiger partial charge in [-0.1, -0.05) is 199 Å². The van der Waals surface area contributed by atoms with E-state index in [2.05, 4.69) is 133 Å². The number of benzene rings is 4. The van der Waals surface area contributed by atoms with Crippen LogP contribution in [0.25, 0.3) is 11.1 Å². The Morgan fingerprint density at radius 2 is 0.686 bits per heavy atom. The molecule has 0 radical (unpaired) electrons. The lowest BCUT2D eigenvalue weighted by atomic mass is 9.86. The zero-order valence-electron chi connectivity index (χ0n) is 31.7. The topological polar surface area (TPSA) is 18.5 Å². The van der Waals surface area contributed by atoms with Gasteiger partial charge in [0.1, 0.15) is 11.5 Å². The molecule has 0 aliphatic carbocycles. The van der Waals surface area contributed by atoms with Gasteiger partial charge < -0.3 is 9.47 Å². The summed E-state index contributed by atoms with van der Waals surface area (Å²) in [7, 11) is 0. The van der Waals surface area contributed by atoms with Crippen molar-refractivity contribution in [2.24, 2.45) is 0 Å². The Morgan fingerprint density at radius 3 is 1.06 bits per heavy atom. The summed E-state index contributed by atoms with van der Waals surface area (Å²) in [5.41, 5.74) is 7.09. The van der Waals surface area contributed by atoms with Crippen molar-refractivity contribution in [3.8, 4) is 11.5 Å². The van der Waals surface area contributed by atoms with Crippen molar-refractivity contribution >= 4 is 27.1 Å². The monoisotopic (exact) mass is 750 g/mol. The predicted octanol–water partition coefficient (Wildman–Crippen LogP) is 15.3. The molecule has 0 fully saturated rings. The standard InChI is InChI=1S/C48H63BrO2/c1-3-5-7-9-11-13-15-17-22-38-50-45-34-28-42(29-35-45)48(47(40-24-20-19-21-25-40)41-26-32-44(49)33-27-41)43-30-36-46(37-31-43)51-39-23-18-16-14-12-10-8-6-4-2/h19-21,24-37H,3-18,22-23,38-39H2,1-2H3. The second kappa shape index (κ2) is 24.8. The first kappa shape index (κ1) is 40.5. The van der Waals surface area contributed by atoms with Gasteiger partial charge >= 0.3 is 0 Å². The number of rotatable bonds is 26. The molecule has 4 aromatic rings. The van der Waals surface area contributed by atoms with Crippen molar-refractivity contribution < 1.29 is 9.47 Å². The van der Waals surface area contributed by atoms with E-state index < -0.39 is 0 Å². The lowest BCUT2D eigenvalue weighted by molar-refractivity contribution is 0.304. The molecule has 0 saturated carbocycles. The Morgan fingerprint density at radius 1 is 0.373 bits per heavy atom. The molecule has 4 rings (SSSR count). The van der Waals surface area contributed by atoms with Crippen LogP contribution in [0.5, 0.6) is 11.5 Å². The quantitative estimate of drug-likeness (QED) is 0.0470. The van der Waals surface area contributed by atoms with Gasteiger partial charge in [-0.25, -0.2) is 0 Å². The van der Waals surface area contributed by atoms with Crippen LogP contribution >= 0.6 is 15.9 Å². The molecule has 2 nitrogen and oxygen atoms in total. The van der Waals surface area contributed by atoms with Crippen molar-refractivity contribution in [1.29, 1.82) is 0 Å².